The summed E-state index contributed by atoms with van der Waals surface area (Å²) < 4.78 is 5.53. The molecule has 23 heavy (non-hydrogen) atoms. The van der Waals surface area contributed by atoms with Crippen molar-refractivity contribution >= 4 is 5.91 Å². The molecule has 118 valence electrons. The number of rotatable bonds is 2. The molecule has 0 aliphatic carbocycles. The van der Waals surface area contributed by atoms with Crippen molar-refractivity contribution in [3.8, 4) is 5.75 Å². The van der Waals surface area contributed by atoms with E-state index in [0.717, 1.165) is 54.8 Å². The molecule has 2 aliphatic rings. The van der Waals surface area contributed by atoms with Gasteiger partial charge in [0, 0.05) is 24.7 Å². The minimum atomic E-state index is 0.0851. The number of benzene rings is 1. The van der Waals surface area contributed by atoms with Crippen molar-refractivity contribution in [3.63, 3.8) is 0 Å². The van der Waals surface area contributed by atoms with Gasteiger partial charge in [-0.2, -0.15) is 0 Å². The van der Waals surface area contributed by atoms with Gasteiger partial charge in [-0.15, -0.1) is 0 Å². The molecule has 0 bridgehead atoms. The normalized spacial score (nSPS) is 20.0. The molecule has 0 spiro atoms. The molecule has 2 aliphatic heterocycles. The lowest BCUT2D eigenvalue weighted by atomic mass is 9.97. The van der Waals surface area contributed by atoms with Gasteiger partial charge in [0.1, 0.15) is 5.75 Å². The lowest BCUT2D eigenvalue weighted by Gasteiger charge is -2.35. The second kappa shape index (κ2) is 6.03. The summed E-state index contributed by atoms with van der Waals surface area (Å²) in [5, 5.41) is 0. The van der Waals surface area contributed by atoms with Crippen LogP contribution in [0.15, 0.2) is 42.6 Å². The Labute approximate surface area is 136 Å². The molecule has 1 saturated heterocycles. The number of piperidine rings is 1. The van der Waals surface area contributed by atoms with E-state index in [2.05, 4.69) is 4.98 Å². The number of likely N-dealkylation sites (tertiary alicyclic amines) is 1. The third kappa shape index (κ3) is 2.69. The fraction of sp³-hybridized carbons (Fsp3) is 0.368. The Morgan fingerprint density at radius 2 is 2.17 bits per heavy atom. The van der Waals surface area contributed by atoms with Gasteiger partial charge in [-0.3, -0.25) is 9.78 Å². The number of carbonyl (C=O) groups excluding carboxylic acids is 1. The Morgan fingerprint density at radius 3 is 3.04 bits per heavy atom. The first-order valence-electron chi connectivity index (χ1n) is 8.30. The van der Waals surface area contributed by atoms with Crippen LogP contribution < -0.4 is 4.74 Å². The molecule has 1 atom stereocenters. The number of ether oxygens (including phenoxy) is 1. The molecular formula is C19H20N2O2. The van der Waals surface area contributed by atoms with Gasteiger partial charge in [0.15, 0.2) is 0 Å². The fourth-order valence-corrected chi connectivity index (χ4v) is 3.54. The number of carbonyl (C=O) groups is 1. The van der Waals surface area contributed by atoms with Gasteiger partial charge in [0.05, 0.1) is 18.3 Å². The smallest absolute Gasteiger partial charge is 0.254 e. The molecule has 0 saturated carbocycles. The molecule has 1 aromatic carbocycles. The van der Waals surface area contributed by atoms with E-state index in [0.29, 0.717) is 6.61 Å². The molecule has 2 aromatic rings. The zero-order valence-corrected chi connectivity index (χ0v) is 13.1. The number of aromatic nitrogens is 1. The predicted molar refractivity (Wildman–Crippen MR) is 87.5 cm³/mol. The van der Waals surface area contributed by atoms with Crippen molar-refractivity contribution in [1.29, 1.82) is 0 Å². The fourth-order valence-electron chi connectivity index (χ4n) is 3.54. The second-order valence-corrected chi connectivity index (χ2v) is 6.19. The quantitative estimate of drug-likeness (QED) is 0.854. The Balaban J connectivity index is 1.63. The molecular weight excluding hydrogens is 288 g/mol. The summed E-state index contributed by atoms with van der Waals surface area (Å²) in [5.41, 5.74) is 2.89. The average Bonchev–Trinajstić information content (AvgIpc) is 3.09. The van der Waals surface area contributed by atoms with E-state index < -0.39 is 0 Å². The van der Waals surface area contributed by atoms with Crippen molar-refractivity contribution in [2.75, 3.05) is 13.2 Å². The van der Waals surface area contributed by atoms with Gasteiger partial charge in [0.25, 0.3) is 5.91 Å². The molecule has 3 heterocycles. The molecule has 1 unspecified atom stereocenters. The first-order valence-corrected chi connectivity index (χ1v) is 8.30. The van der Waals surface area contributed by atoms with Crippen LogP contribution in [-0.2, 0) is 6.42 Å². The zero-order valence-electron chi connectivity index (χ0n) is 13.1. The van der Waals surface area contributed by atoms with Crippen LogP contribution in [0, 0.1) is 0 Å². The molecule has 1 fully saturated rings. The maximum absolute atomic E-state index is 13.0. The van der Waals surface area contributed by atoms with Crippen LogP contribution in [0.2, 0.25) is 0 Å². The Morgan fingerprint density at radius 1 is 1.22 bits per heavy atom. The van der Waals surface area contributed by atoms with E-state index in [9.17, 15) is 4.79 Å². The van der Waals surface area contributed by atoms with Crippen molar-refractivity contribution in [2.45, 2.75) is 31.7 Å². The maximum atomic E-state index is 13.0. The highest BCUT2D eigenvalue weighted by Crippen LogP contribution is 2.32. The van der Waals surface area contributed by atoms with E-state index in [1.807, 2.05) is 41.3 Å². The third-order valence-electron chi connectivity index (χ3n) is 4.73. The summed E-state index contributed by atoms with van der Waals surface area (Å²) in [4.78, 5) is 19.5. The van der Waals surface area contributed by atoms with Gasteiger partial charge in [-0.05, 0) is 55.2 Å². The van der Waals surface area contributed by atoms with E-state index in [1.165, 1.54) is 0 Å². The van der Waals surface area contributed by atoms with Crippen molar-refractivity contribution in [2.24, 2.45) is 0 Å². The van der Waals surface area contributed by atoms with Crippen LogP contribution in [0.1, 0.15) is 46.9 Å². The molecule has 4 rings (SSSR count). The first-order chi connectivity index (χ1) is 11.3. The molecule has 4 nitrogen and oxygen atoms in total. The van der Waals surface area contributed by atoms with Crippen LogP contribution in [0.25, 0.3) is 0 Å². The van der Waals surface area contributed by atoms with Gasteiger partial charge < -0.3 is 9.64 Å². The maximum Gasteiger partial charge on any atom is 0.254 e. The van der Waals surface area contributed by atoms with Gasteiger partial charge in [-0.25, -0.2) is 0 Å². The number of hydrogen-bond acceptors (Lipinski definition) is 3. The average molecular weight is 308 g/mol. The lowest BCUT2D eigenvalue weighted by molar-refractivity contribution is 0.0606. The van der Waals surface area contributed by atoms with Crippen LogP contribution in [-0.4, -0.2) is 28.9 Å². The highest BCUT2D eigenvalue weighted by Gasteiger charge is 2.30. The predicted octanol–water partition coefficient (Wildman–Crippen LogP) is 3.38. The third-order valence-corrected chi connectivity index (χ3v) is 4.73. The summed E-state index contributed by atoms with van der Waals surface area (Å²) in [5.74, 6) is 1.02. The largest absolute Gasteiger partial charge is 0.493 e. The van der Waals surface area contributed by atoms with Gasteiger partial charge in [-0.1, -0.05) is 6.07 Å². The molecule has 4 heteroatoms. The van der Waals surface area contributed by atoms with Crippen LogP contribution in [0.5, 0.6) is 5.75 Å². The number of fused-ring (bicyclic) bond motifs is 1. The SMILES string of the molecule is O=C(c1ccc2c(c1)CCO2)N1CCCCC1c1ccccn1. The summed E-state index contributed by atoms with van der Waals surface area (Å²) in [7, 11) is 0. The Bertz CT molecular complexity index is 715. The summed E-state index contributed by atoms with van der Waals surface area (Å²) in [6, 6.07) is 11.8. The zero-order chi connectivity index (χ0) is 15.6. The van der Waals surface area contributed by atoms with Gasteiger partial charge in [0.2, 0.25) is 0 Å². The number of hydrogen-bond donors (Lipinski definition) is 0. The van der Waals surface area contributed by atoms with Crippen molar-refractivity contribution in [3.05, 3.63) is 59.4 Å². The van der Waals surface area contributed by atoms with E-state index in [-0.39, 0.29) is 11.9 Å². The highest BCUT2D eigenvalue weighted by molar-refractivity contribution is 5.95. The number of amides is 1. The van der Waals surface area contributed by atoms with Crippen LogP contribution in [0.3, 0.4) is 0 Å². The molecule has 1 aromatic heterocycles. The molecule has 0 N–H and O–H groups in total. The van der Waals surface area contributed by atoms with Crippen LogP contribution >= 0.6 is 0 Å². The number of nitrogens with zero attached hydrogens (tertiary/aromatic N) is 2. The Hall–Kier alpha value is -2.36. The van der Waals surface area contributed by atoms with Gasteiger partial charge >= 0.3 is 0 Å². The minimum absolute atomic E-state index is 0.0851. The summed E-state index contributed by atoms with van der Waals surface area (Å²) in [6.07, 6.45) is 5.88. The van der Waals surface area contributed by atoms with E-state index >= 15 is 0 Å². The van der Waals surface area contributed by atoms with E-state index in [4.69, 9.17) is 4.74 Å². The van der Waals surface area contributed by atoms with E-state index in [1.54, 1.807) is 6.20 Å². The topological polar surface area (TPSA) is 42.4 Å². The minimum Gasteiger partial charge on any atom is -0.493 e. The summed E-state index contributed by atoms with van der Waals surface area (Å²) in [6.45, 7) is 1.51. The number of pyridine rings is 1. The molecule has 0 radical (unpaired) electrons. The standard InChI is InChI=1S/C19H20N2O2/c22-19(15-7-8-18-14(13-15)9-12-23-18)21-11-4-2-6-17(21)16-5-1-3-10-20-16/h1,3,5,7-8,10,13,17H,2,4,6,9,11-12H2. The second-order valence-electron chi connectivity index (χ2n) is 6.19. The van der Waals surface area contributed by atoms with Crippen molar-refractivity contribution < 1.29 is 9.53 Å². The highest BCUT2D eigenvalue weighted by atomic mass is 16.5. The monoisotopic (exact) mass is 308 g/mol. The first kappa shape index (κ1) is 14.2. The van der Waals surface area contributed by atoms with Crippen molar-refractivity contribution in [1.82, 2.24) is 9.88 Å². The molecule has 1 amide bonds. The lowest BCUT2D eigenvalue weighted by Crippen LogP contribution is -2.38. The van der Waals surface area contributed by atoms with Crippen LogP contribution in [0.4, 0.5) is 0 Å². The Kier molecular flexibility index (Phi) is 3.74. The summed E-state index contributed by atoms with van der Waals surface area (Å²) >= 11 is 0.